The monoisotopic (exact) mass is 334 g/mol. The van der Waals surface area contributed by atoms with E-state index in [1.807, 2.05) is 38.2 Å². The van der Waals surface area contributed by atoms with Gasteiger partial charge in [-0.3, -0.25) is 0 Å². The van der Waals surface area contributed by atoms with E-state index in [0.29, 0.717) is 5.88 Å². The fourth-order valence-corrected chi connectivity index (χ4v) is 2.21. The fourth-order valence-electron chi connectivity index (χ4n) is 1.96. The van der Waals surface area contributed by atoms with Crippen molar-refractivity contribution in [1.29, 1.82) is 0 Å². The lowest BCUT2D eigenvalue weighted by atomic mass is 10.2. The van der Waals surface area contributed by atoms with E-state index < -0.39 is 0 Å². The molecule has 0 amide bonds. The Bertz CT molecular complexity index is 599. The minimum Gasteiger partial charge on any atom is -0.439 e. The number of nitrogens with one attached hydrogen (secondary N) is 1. The van der Waals surface area contributed by atoms with Crippen molar-refractivity contribution in [2.45, 2.75) is 26.8 Å². The van der Waals surface area contributed by atoms with Crippen LogP contribution in [-0.2, 0) is 13.0 Å². The number of hydrogen-bond acceptors (Lipinski definition) is 3. The van der Waals surface area contributed by atoms with Gasteiger partial charge in [-0.05, 0) is 55.8 Å². The molecule has 0 saturated heterocycles. The predicted molar refractivity (Wildman–Crippen MR) is 85.3 cm³/mol. The highest BCUT2D eigenvalue weighted by atomic mass is 79.9. The van der Waals surface area contributed by atoms with Crippen molar-refractivity contribution in [2.24, 2.45) is 0 Å². The molecule has 1 aromatic heterocycles. The molecule has 0 fully saturated rings. The lowest BCUT2D eigenvalue weighted by Gasteiger charge is -2.10. The van der Waals surface area contributed by atoms with Gasteiger partial charge in [-0.2, -0.15) is 0 Å². The van der Waals surface area contributed by atoms with Gasteiger partial charge in [0.1, 0.15) is 5.75 Å². The Balaban J connectivity index is 2.27. The Morgan fingerprint density at radius 3 is 2.70 bits per heavy atom. The van der Waals surface area contributed by atoms with E-state index in [9.17, 15) is 0 Å². The average Bonchev–Trinajstić information content (AvgIpc) is 2.43. The third-order valence-corrected chi connectivity index (χ3v) is 3.90. The standard InChI is InChI=1S/C16H19BrN2O/c1-4-13-8-12(10-18-3)9-16(19-13)20-14-5-6-15(17)11(2)7-14/h5-9,18H,4,10H2,1-3H3. The lowest BCUT2D eigenvalue weighted by molar-refractivity contribution is 0.459. The highest BCUT2D eigenvalue weighted by Gasteiger charge is 2.05. The summed E-state index contributed by atoms with van der Waals surface area (Å²) in [6.45, 7) is 4.95. The molecule has 106 valence electrons. The van der Waals surface area contributed by atoms with Gasteiger partial charge < -0.3 is 10.1 Å². The maximum Gasteiger partial charge on any atom is 0.219 e. The van der Waals surface area contributed by atoms with Crippen LogP contribution < -0.4 is 10.1 Å². The van der Waals surface area contributed by atoms with Gasteiger partial charge >= 0.3 is 0 Å². The van der Waals surface area contributed by atoms with Crippen LogP contribution in [0.1, 0.15) is 23.7 Å². The first kappa shape index (κ1) is 15.0. The summed E-state index contributed by atoms with van der Waals surface area (Å²) in [5, 5.41) is 3.15. The zero-order valence-electron chi connectivity index (χ0n) is 12.0. The number of nitrogens with zero attached hydrogens (tertiary/aromatic N) is 1. The lowest BCUT2D eigenvalue weighted by Crippen LogP contribution is -2.06. The number of aryl methyl sites for hydroxylation is 2. The molecule has 0 aliphatic rings. The largest absolute Gasteiger partial charge is 0.439 e. The van der Waals surface area contributed by atoms with Crippen molar-refractivity contribution < 1.29 is 4.74 Å². The first-order valence-electron chi connectivity index (χ1n) is 6.70. The average molecular weight is 335 g/mol. The normalized spacial score (nSPS) is 10.6. The highest BCUT2D eigenvalue weighted by Crippen LogP contribution is 2.26. The number of hydrogen-bond donors (Lipinski definition) is 1. The van der Waals surface area contributed by atoms with Crippen LogP contribution in [0.25, 0.3) is 0 Å². The van der Waals surface area contributed by atoms with Gasteiger partial charge in [0, 0.05) is 22.8 Å². The zero-order chi connectivity index (χ0) is 14.5. The molecule has 0 atom stereocenters. The van der Waals surface area contributed by atoms with Gasteiger partial charge in [-0.25, -0.2) is 4.98 Å². The van der Waals surface area contributed by atoms with Gasteiger partial charge in [0.05, 0.1) is 0 Å². The van der Waals surface area contributed by atoms with Gasteiger partial charge in [0.25, 0.3) is 0 Å². The van der Waals surface area contributed by atoms with Crippen LogP contribution in [0.4, 0.5) is 0 Å². The summed E-state index contributed by atoms with van der Waals surface area (Å²) in [6.07, 6.45) is 0.896. The molecule has 3 nitrogen and oxygen atoms in total. The topological polar surface area (TPSA) is 34.1 Å². The predicted octanol–water partition coefficient (Wildman–Crippen LogP) is 4.23. The summed E-state index contributed by atoms with van der Waals surface area (Å²) in [4.78, 5) is 4.52. The van der Waals surface area contributed by atoms with Crippen LogP contribution in [0.2, 0.25) is 0 Å². The van der Waals surface area contributed by atoms with Gasteiger partial charge in [-0.15, -0.1) is 0 Å². The summed E-state index contributed by atoms with van der Waals surface area (Å²) in [5.41, 5.74) is 3.37. The Morgan fingerprint density at radius 2 is 2.05 bits per heavy atom. The number of halogens is 1. The molecule has 1 heterocycles. The summed E-state index contributed by atoms with van der Waals surface area (Å²) in [6, 6.07) is 10.0. The molecule has 1 N–H and O–H groups in total. The molecule has 0 unspecified atom stereocenters. The number of rotatable bonds is 5. The van der Waals surface area contributed by atoms with Crippen molar-refractivity contribution in [3.8, 4) is 11.6 Å². The number of benzene rings is 1. The molecule has 4 heteroatoms. The van der Waals surface area contributed by atoms with E-state index >= 15 is 0 Å². The second-order valence-electron chi connectivity index (χ2n) is 4.70. The number of ether oxygens (including phenoxy) is 1. The van der Waals surface area contributed by atoms with Crippen molar-refractivity contribution in [3.05, 3.63) is 51.6 Å². The van der Waals surface area contributed by atoms with Gasteiger partial charge in [0.2, 0.25) is 5.88 Å². The molecular formula is C16H19BrN2O. The SMILES string of the molecule is CCc1cc(CNC)cc(Oc2ccc(Br)c(C)c2)n1. The third kappa shape index (κ3) is 3.81. The Labute approximate surface area is 128 Å². The van der Waals surface area contributed by atoms with Crippen LogP contribution >= 0.6 is 15.9 Å². The smallest absolute Gasteiger partial charge is 0.219 e. The molecule has 0 saturated carbocycles. The molecule has 0 spiro atoms. The van der Waals surface area contributed by atoms with Crippen LogP contribution in [0.5, 0.6) is 11.6 Å². The third-order valence-electron chi connectivity index (χ3n) is 3.01. The minimum absolute atomic E-state index is 0.649. The van der Waals surface area contributed by atoms with Crippen LogP contribution in [0, 0.1) is 6.92 Å². The van der Waals surface area contributed by atoms with E-state index in [2.05, 4.69) is 39.2 Å². The molecule has 0 bridgehead atoms. The molecule has 0 radical (unpaired) electrons. The molecule has 0 aliphatic heterocycles. The fraction of sp³-hybridized carbons (Fsp3) is 0.312. The highest BCUT2D eigenvalue weighted by molar-refractivity contribution is 9.10. The summed E-state index contributed by atoms with van der Waals surface area (Å²) < 4.78 is 6.96. The maximum absolute atomic E-state index is 5.88. The molecule has 2 aromatic rings. The molecular weight excluding hydrogens is 316 g/mol. The number of aromatic nitrogens is 1. The molecule has 0 aliphatic carbocycles. The van der Waals surface area contributed by atoms with Crippen LogP contribution in [0.3, 0.4) is 0 Å². The van der Waals surface area contributed by atoms with Gasteiger partial charge in [-0.1, -0.05) is 22.9 Å². The van der Waals surface area contributed by atoms with Crippen molar-refractivity contribution in [3.63, 3.8) is 0 Å². The zero-order valence-corrected chi connectivity index (χ0v) is 13.6. The Hall–Kier alpha value is -1.39. The quantitative estimate of drug-likeness (QED) is 0.888. The molecule has 1 aromatic carbocycles. The summed E-state index contributed by atoms with van der Waals surface area (Å²) in [5.74, 6) is 1.46. The summed E-state index contributed by atoms with van der Waals surface area (Å²) in [7, 11) is 1.94. The van der Waals surface area contributed by atoms with E-state index in [-0.39, 0.29) is 0 Å². The Morgan fingerprint density at radius 1 is 1.25 bits per heavy atom. The Kier molecular flexibility index (Phi) is 5.15. The van der Waals surface area contributed by atoms with Gasteiger partial charge in [0.15, 0.2) is 0 Å². The van der Waals surface area contributed by atoms with E-state index in [0.717, 1.165) is 34.4 Å². The van der Waals surface area contributed by atoms with E-state index in [4.69, 9.17) is 4.74 Å². The van der Waals surface area contributed by atoms with Crippen molar-refractivity contribution in [1.82, 2.24) is 10.3 Å². The van der Waals surface area contributed by atoms with E-state index in [1.165, 1.54) is 5.56 Å². The van der Waals surface area contributed by atoms with Crippen LogP contribution in [0.15, 0.2) is 34.8 Å². The molecule has 20 heavy (non-hydrogen) atoms. The van der Waals surface area contributed by atoms with E-state index in [1.54, 1.807) is 0 Å². The second kappa shape index (κ2) is 6.86. The summed E-state index contributed by atoms with van der Waals surface area (Å²) >= 11 is 3.49. The second-order valence-corrected chi connectivity index (χ2v) is 5.56. The van der Waals surface area contributed by atoms with Crippen molar-refractivity contribution >= 4 is 15.9 Å². The molecule has 2 rings (SSSR count). The minimum atomic E-state index is 0.649. The first-order chi connectivity index (χ1) is 9.62. The maximum atomic E-state index is 5.88. The van der Waals surface area contributed by atoms with Crippen molar-refractivity contribution in [2.75, 3.05) is 7.05 Å². The van der Waals surface area contributed by atoms with Crippen LogP contribution in [-0.4, -0.2) is 12.0 Å². The number of pyridine rings is 1. The first-order valence-corrected chi connectivity index (χ1v) is 7.50.